The van der Waals surface area contributed by atoms with Crippen LogP contribution in [0, 0.1) is 0 Å². The highest BCUT2D eigenvalue weighted by atomic mass is 32.2. The minimum atomic E-state index is -3.73. The van der Waals surface area contributed by atoms with Gasteiger partial charge in [-0.2, -0.15) is 0 Å². The Morgan fingerprint density at radius 1 is 1.35 bits per heavy atom. The van der Waals surface area contributed by atoms with E-state index in [1.165, 1.54) is 19.1 Å². The van der Waals surface area contributed by atoms with Gasteiger partial charge in [0, 0.05) is 5.56 Å². The van der Waals surface area contributed by atoms with Crippen LogP contribution < -0.4 is 4.72 Å². The van der Waals surface area contributed by atoms with Crippen molar-refractivity contribution in [2.45, 2.75) is 43.0 Å². The fourth-order valence-corrected chi connectivity index (χ4v) is 4.07. The molecule has 6 heteroatoms. The van der Waals surface area contributed by atoms with Crippen molar-refractivity contribution in [1.29, 1.82) is 0 Å². The van der Waals surface area contributed by atoms with Gasteiger partial charge in [0.25, 0.3) is 0 Å². The number of hydrogen-bond acceptors (Lipinski definition) is 4. The zero-order valence-corrected chi connectivity index (χ0v) is 12.2. The van der Waals surface area contributed by atoms with E-state index in [1.54, 1.807) is 12.1 Å². The highest BCUT2D eigenvalue weighted by Crippen LogP contribution is 2.30. The molecule has 1 aliphatic rings. The van der Waals surface area contributed by atoms with Crippen molar-refractivity contribution in [2.24, 2.45) is 0 Å². The lowest BCUT2D eigenvalue weighted by Gasteiger charge is -2.27. The molecular formula is C14H19NO4S. The summed E-state index contributed by atoms with van der Waals surface area (Å²) >= 11 is 0. The third-order valence-electron chi connectivity index (χ3n) is 3.77. The zero-order chi connectivity index (χ0) is 14.8. The number of Topliss-reactive ketones (excluding diaryl/α,β-unsaturated/α-hetero) is 1. The summed E-state index contributed by atoms with van der Waals surface area (Å²) in [5.74, 6) is -0.181. The molecule has 0 atom stereocenters. The van der Waals surface area contributed by atoms with Gasteiger partial charge < -0.3 is 5.11 Å². The average Bonchev–Trinajstić information content (AvgIpc) is 2.87. The van der Waals surface area contributed by atoms with Gasteiger partial charge in [-0.1, -0.05) is 25.0 Å². The maximum Gasteiger partial charge on any atom is 0.241 e. The molecule has 110 valence electrons. The van der Waals surface area contributed by atoms with E-state index in [4.69, 9.17) is 0 Å². The first kappa shape index (κ1) is 15.2. The predicted molar refractivity (Wildman–Crippen MR) is 75.1 cm³/mol. The Kier molecular flexibility index (Phi) is 4.27. The summed E-state index contributed by atoms with van der Waals surface area (Å²) in [5.41, 5.74) is -0.400. The van der Waals surface area contributed by atoms with Gasteiger partial charge in [-0.05, 0) is 31.9 Å². The van der Waals surface area contributed by atoms with E-state index in [-0.39, 0.29) is 17.3 Å². The van der Waals surface area contributed by atoms with Crippen molar-refractivity contribution in [3.63, 3.8) is 0 Å². The lowest BCUT2D eigenvalue weighted by molar-refractivity contribution is 0.101. The Morgan fingerprint density at radius 2 is 2.00 bits per heavy atom. The topological polar surface area (TPSA) is 83.5 Å². The lowest BCUT2D eigenvalue weighted by Crippen LogP contribution is -2.49. The monoisotopic (exact) mass is 297 g/mol. The number of carbonyl (C=O) groups excluding carboxylic acids is 1. The number of rotatable bonds is 5. The number of nitrogens with one attached hydrogen (secondary N) is 1. The average molecular weight is 297 g/mol. The van der Waals surface area contributed by atoms with E-state index >= 15 is 0 Å². The molecule has 0 heterocycles. The van der Waals surface area contributed by atoms with Crippen LogP contribution in [0.25, 0.3) is 0 Å². The number of carbonyl (C=O) groups is 1. The van der Waals surface area contributed by atoms with Crippen LogP contribution in [0.1, 0.15) is 43.0 Å². The summed E-state index contributed by atoms with van der Waals surface area (Å²) < 4.78 is 27.4. The highest BCUT2D eigenvalue weighted by Gasteiger charge is 2.37. The molecule has 1 aromatic rings. The van der Waals surface area contributed by atoms with Crippen molar-refractivity contribution in [1.82, 2.24) is 4.72 Å². The van der Waals surface area contributed by atoms with Gasteiger partial charge in [0.1, 0.15) is 0 Å². The molecule has 1 fully saturated rings. The van der Waals surface area contributed by atoms with Crippen molar-refractivity contribution in [3.05, 3.63) is 29.8 Å². The molecule has 1 aliphatic carbocycles. The van der Waals surface area contributed by atoms with E-state index in [0.717, 1.165) is 12.8 Å². The van der Waals surface area contributed by atoms with Crippen molar-refractivity contribution < 1.29 is 18.3 Å². The van der Waals surface area contributed by atoms with Crippen LogP contribution in [0.2, 0.25) is 0 Å². The first-order valence-corrected chi connectivity index (χ1v) is 8.13. The lowest BCUT2D eigenvalue weighted by atomic mass is 10.0. The van der Waals surface area contributed by atoms with Gasteiger partial charge in [0.2, 0.25) is 10.0 Å². The number of ketones is 1. The van der Waals surface area contributed by atoms with E-state index in [9.17, 15) is 18.3 Å². The number of aliphatic hydroxyl groups excluding tert-OH is 1. The second-order valence-corrected chi connectivity index (χ2v) is 7.02. The van der Waals surface area contributed by atoms with E-state index < -0.39 is 15.6 Å². The van der Waals surface area contributed by atoms with Crippen LogP contribution in [0.4, 0.5) is 0 Å². The summed E-state index contributed by atoms with van der Waals surface area (Å²) in [7, 11) is -3.73. The largest absolute Gasteiger partial charge is 0.394 e. The maximum absolute atomic E-state index is 12.4. The summed E-state index contributed by atoms with van der Waals surface area (Å²) in [6.07, 6.45) is 3.07. The molecule has 1 saturated carbocycles. The van der Waals surface area contributed by atoms with Crippen LogP contribution >= 0.6 is 0 Å². The Hall–Kier alpha value is -1.24. The van der Waals surface area contributed by atoms with E-state index in [0.29, 0.717) is 18.4 Å². The third-order valence-corrected chi connectivity index (χ3v) is 5.34. The highest BCUT2D eigenvalue weighted by molar-refractivity contribution is 7.89. The first-order valence-electron chi connectivity index (χ1n) is 6.64. The summed E-state index contributed by atoms with van der Waals surface area (Å²) in [5, 5.41) is 9.49. The number of benzene rings is 1. The minimum absolute atomic E-state index is 0.0601. The number of hydrogen-bond donors (Lipinski definition) is 2. The zero-order valence-electron chi connectivity index (χ0n) is 11.4. The van der Waals surface area contributed by atoms with Gasteiger partial charge in [-0.15, -0.1) is 0 Å². The normalized spacial score (nSPS) is 18.1. The number of aliphatic hydroxyl groups is 1. The molecule has 0 amide bonds. The summed E-state index contributed by atoms with van der Waals surface area (Å²) in [6.45, 7) is 1.18. The number of sulfonamides is 1. The first-order chi connectivity index (χ1) is 9.38. The van der Waals surface area contributed by atoms with Gasteiger partial charge >= 0.3 is 0 Å². The van der Waals surface area contributed by atoms with Gasteiger partial charge in [-0.25, -0.2) is 13.1 Å². The van der Waals surface area contributed by atoms with Crippen LogP contribution in [-0.4, -0.2) is 31.5 Å². The van der Waals surface area contributed by atoms with E-state index in [2.05, 4.69) is 4.72 Å². The Labute approximate surface area is 119 Å². The van der Waals surface area contributed by atoms with Crippen molar-refractivity contribution >= 4 is 15.8 Å². The second kappa shape index (κ2) is 5.63. The van der Waals surface area contributed by atoms with E-state index in [1.807, 2.05) is 0 Å². The molecule has 1 aromatic carbocycles. The Bertz CT molecular complexity index is 603. The van der Waals surface area contributed by atoms with Gasteiger partial charge in [-0.3, -0.25) is 4.79 Å². The summed E-state index contributed by atoms with van der Waals surface area (Å²) in [4.78, 5) is 11.4. The Balaban J connectivity index is 2.30. The standard InChI is InChI=1S/C14H19NO4S/c1-11(17)12-5-4-6-13(9-12)20(18,19)15-14(10-16)7-2-3-8-14/h4-6,9,15-16H,2-3,7-8,10H2,1H3. The molecule has 20 heavy (non-hydrogen) atoms. The predicted octanol–water partition coefficient (Wildman–Crippen LogP) is 1.47. The fourth-order valence-electron chi connectivity index (χ4n) is 2.57. The molecular weight excluding hydrogens is 278 g/mol. The molecule has 0 aromatic heterocycles. The quantitative estimate of drug-likeness (QED) is 0.806. The molecule has 5 nitrogen and oxygen atoms in total. The van der Waals surface area contributed by atoms with Crippen LogP contribution in [0.5, 0.6) is 0 Å². The minimum Gasteiger partial charge on any atom is -0.394 e. The molecule has 0 spiro atoms. The second-order valence-electron chi connectivity index (χ2n) is 5.34. The molecule has 0 radical (unpaired) electrons. The Morgan fingerprint density at radius 3 is 2.55 bits per heavy atom. The third kappa shape index (κ3) is 3.08. The van der Waals surface area contributed by atoms with Gasteiger partial charge in [0.05, 0.1) is 17.0 Å². The maximum atomic E-state index is 12.4. The molecule has 0 saturated heterocycles. The van der Waals surface area contributed by atoms with Crippen LogP contribution in [0.15, 0.2) is 29.2 Å². The van der Waals surface area contributed by atoms with Crippen LogP contribution in [-0.2, 0) is 10.0 Å². The molecule has 0 bridgehead atoms. The molecule has 2 N–H and O–H groups in total. The van der Waals surface area contributed by atoms with Crippen molar-refractivity contribution in [2.75, 3.05) is 6.61 Å². The van der Waals surface area contributed by atoms with Gasteiger partial charge in [0.15, 0.2) is 5.78 Å². The molecule has 0 unspecified atom stereocenters. The molecule has 2 rings (SSSR count). The molecule has 0 aliphatic heterocycles. The smallest absolute Gasteiger partial charge is 0.241 e. The summed E-state index contributed by atoms with van der Waals surface area (Å²) in [6, 6.07) is 5.95. The van der Waals surface area contributed by atoms with Crippen LogP contribution in [0.3, 0.4) is 0 Å². The fraction of sp³-hybridized carbons (Fsp3) is 0.500. The van der Waals surface area contributed by atoms with Crippen molar-refractivity contribution in [3.8, 4) is 0 Å². The SMILES string of the molecule is CC(=O)c1cccc(S(=O)(=O)NC2(CO)CCCC2)c1.